The molecule has 0 amide bonds. The van der Waals surface area contributed by atoms with E-state index in [0.29, 0.717) is 12.6 Å². The number of hydrogen-bond donors (Lipinski definition) is 0. The molecule has 18 heavy (non-hydrogen) atoms. The predicted molar refractivity (Wildman–Crippen MR) is 76.1 cm³/mol. The zero-order chi connectivity index (χ0) is 13.1. The molecule has 2 rings (SSSR count). The average molecular weight is 315 g/mol. The van der Waals surface area contributed by atoms with Crippen molar-refractivity contribution in [1.29, 1.82) is 0 Å². The van der Waals surface area contributed by atoms with Gasteiger partial charge in [-0.1, -0.05) is 22.0 Å². The minimum atomic E-state index is -0.125. The van der Waals surface area contributed by atoms with E-state index in [1.54, 1.807) is 0 Å². The zero-order valence-electron chi connectivity index (χ0n) is 11.0. The van der Waals surface area contributed by atoms with Crippen molar-refractivity contribution in [3.05, 3.63) is 34.1 Å². The lowest BCUT2D eigenvalue weighted by Gasteiger charge is -2.36. The lowest BCUT2D eigenvalue weighted by molar-refractivity contribution is 0.128. The van der Waals surface area contributed by atoms with Gasteiger partial charge in [-0.15, -0.1) is 0 Å². The topological polar surface area (TPSA) is 6.48 Å². The second-order valence-electron chi connectivity index (χ2n) is 5.21. The maximum Gasteiger partial charge on any atom is 0.128 e. The number of rotatable bonds is 3. The van der Waals surface area contributed by atoms with Gasteiger partial charge in [0, 0.05) is 29.2 Å². The number of likely N-dealkylation sites (N-methyl/N-ethyl adjacent to an activating group) is 2. The predicted octanol–water partition coefficient (Wildman–Crippen LogP) is 3.11. The van der Waals surface area contributed by atoms with E-state index in [0.717, 1.165) is 16.6 Å². The van der Waals surface area contributed by atoms with Gasteiger partial charge in [0.2, 0.25) is 0 Å². The molecule has 0 spiro atoms. The fraction of sp³-hybridized carbons (Fsp3) is 0.571. The molecular formula is C14H20BrFN2. The van der Waals surface area contributed by atoms with Gasteiger partial charge in [0.15, 0.2) is 0 Å². The first-order valence-corrected chi connectivity index (χ1v) is 7.18. The molecule has 0 radical (unpaired) electrons. The van der Waals surface area contributed by atoms with Gasteiger partial charge in [0.25, 0.3) is 0 Å². The summed E-state index contributed by atoms with van der Waals surface area (Å²) in [6, 6.07) is 5.84. The van der Waals surface area contributed by atoms with Crippen LogP contribution in [-0.4, -0.2) is 43.0 Å². The van der Waals surface area contributed by atoms with Crippen LogP contribution in [0.2, 0.25) is 0 Å². The second-order valence-corrected chi connectivity index (χ2v) is 6.12. The van der Waals surface area contributed by atoms with Gasteiger partial charge in [0.1, 0.15) is 5.82 Å². The molecule has 100 valence electrons. The van der Waals surface area contributed by atoms with Gasteiger partial charge >= 0.3 is 0 Å². The Labute approximate surface area is 117 Å². The van der Waals surface area contributed by atoms with Gasteiger partial charge in [-0.05, 0) is 45.6 Å². The number of benzene rings is 1. The highest BCUT2D eigenvalue weighted by Crippen LogP contribution is 2.19. The van der Waals surface area contributed by atoms with Gasteiger partial charge < -0.3 is 4.90 Å². The van der Waals surface area contributed by atoms with Gasteiger partial charge in [-0.3, -0.25) is 4.90 Å². The van der Waals surface area contributed by atoms with E-state index < -0.39 is 0 Å². The third-order valence-electron chi connectivity index (χ3n) is 3.66. The van der Waals surface area contributed by atoms with E-state index in [2.05, 4.69) is 39.8 Å². The molecule has 1 aliphatic heterocycles. The highest BCUT2D eigenvalue weighted by Gasteiger charge is 2.21. The Balaban J connectivity index is 1.99. The monoisotopic (exact) mass is 314 g/mol. The maximum absolute atomic E-state index is 13.8. The van der Waals surface area contributed by atoms with Crippen LogP contribution in [0.4, 0.5) is 4.39 Å². The first-order chi connectivity index (χ1) is 8.56. The summed E-state index contributed by atoms with van der Waals surface area (Å²) < 4.78 is 14.6. The number of likely N-dealkylation sites (tertiary alicyclic amines) is 1. The van der Waals surface area contributed by atoms with Crippen LogP contribution in [0.5, 0.6) is 0 Å². The first-order valence-electron chi connectivity index (χ1n) is 6.39. The Morgan fingerprint density at radius 3 is 2.94 bits per heavy atom. The van der Waals surface area contributed by atoms with Crippen molar-refractivity contribution in [1.82, 2.24) is 9.80 Å². The minimum absolute atomic E-state index is 0.125. The molecule has 0 bridgehead atoms. The molecule has 1 aliphatic rings. The third kappa shape index (κ3) is 3.53. The molecule has 2 nitrogen and oxygen atoms in total. The molecule has 1 heterocycles. The fourth-order valence-electron chi connectivity index (χ4n) is 2.55. The summed E-state index contributed by atoms with van der Waals surface area (Å²) in [5.74, 6) is -0.125. The lowest BCUT2D eigenvalue weighted by atomic mass is 10.0. The largest absolute Gasteiger partial charge is 0.305 e. The van der Waals surface area contributed by atoms with Crippen molar-refractivity contribution in [2.45, 2.75) is 25.4 Å². The summed E-state index contributed by atoms with van der Waals surface area (Å²) in [6.45, 7) is 2.93. The van der Waals surface area contributed by atoms with Crippen molar-refractivity contribution >= 4 is 15.9 Å². The number of halogens is 2. The van der Waals surface area contributed by atoms with Crippen molar-refractivity contribution in [3.8, 4) is 0 Å². The summed E-state index contributed by atoms with van der Waals surface area (Å²) in [6.07, 6.45) is 2.44. The summed E-state index contributed by atoms with van der Waals surface area (Å²) in [5.41, 5.74) is 0.772. The standard InChI is InChI=1S/C14H20BrFN2/c1-17-7-3-4-13(10-17)18(2)9-11-5-6-12(15)8-14(11)16/h5-6,8,13H,3-4,7,9-10H2,1-2H3. The SMILES string of the molecule is CN1CCCC(N(C)Cc2ccc(Br)cc2F)C1. The van der Waals surface area contributed by atoms with E-state index in [1.165, 1.54) is 25.5 Å². The molecule has 4 heteroatoms. The molecule has 1 saturated heterocycles. The van der Waals surface area contributed by atoms with Crippen LogP contribution in [0, 0.1) is 5.82 Å². The molecule has 0 aliphatic carbocycles. The van der Waals surface area contributed by atoms with Crippen molar-refractivity contribution < 1.29 is 4.39 Å². The number of nitrogens with zero attached hydrogens (tertiary/aromatic N) is 2. The van der Waals surface area contributed by atoms with Crippen LogP contribution in [0.15, 0.2) is 22.7 Å². The fourth-order valence-corrected chi connectivity index (χ4v) is 2.88. The molecule has 1 atom stereocenters. The number of piperidine rings is 1. The molecule has 1 fully saturated rings. The average Bonchev–Trinajstić information content (AvgIpc) is 2.32. The quantitative estimate of drug-likeness (QED) is 0.846. The van der Waals surface area contributed by atoms with Crippen LogP contribution in [0.3, 0.4) is 0 Å². The molecule has 0 aromatic heterocycles. The van der Waals surface area contributed by atoms with E-state index >= 15 is 0 Å². The Kier molecular flexibility index (Phi) is 4.76. The maximum atomic E-state index is 13.8. The van der Waals surface area contributed by atoms with Crippen LogP contribution in [0.1, 0.15) is 18.4 Å². The highest BCUT2D eigenvalue weighted by atomic mass is 79.9. The summed E-state index contributed by atoms with van der Waals surface area (Å²) in [4.78, 5) is 4.62. The second kappa shape index (κ2) is 6.13. The summed E-state index contributed by atoms with van der Waals surface area (Å²) >= 11 is 3.29. The van der Waals surface area contributed by atoms with E-state index in [1.807, 2.05) is 12.1 Å². The Hall–Kier alpha value is -0.450. The Morgan fingerprint density at radius 2 is 2.28 bits per heavy atom. The molecule has 1 aromatic carbocycles. The van der Waals surface area contributed by atoms with Crippen LogP contribution < -0.4 is 0 Å². The van der Waals surface area contributed by atoms with Crippen LogP contribution in [0.25, 0.3) is 0 Å². The summed E-state index contributed by atoms with van der Waals surface area (Å²) in [7, 11) is 4.24. The van der Waals surface area contributed by atoms with Crippen LogP contribution >= 0.6 is 15.9 Å². The third-order valence-corrected chi connectivity index (χ3v) is 4.15. The van der Waals surface area contributed by atoms with E-state index in [9.17, 15) is 4.39 Å². The molecule has 0 saturated carbocycles. The number of hydrogen-bond acceptors (Lipinski definition) is 2. The van der Waals surface area contributed by atoms with Gasteiger partial charge in [0.05, 0.1) is 0 Å². The minimum Gasteiger partial charge on any atom is -0.305 e. The van der Waals surface area contributed by atoms with E-state index in [4.69, 9.17) is 0 Å². The van der Waals surface area contributed by atoms with Crippen LogP contribution in [-0.2, 0) is 6.54 Å². The van der Waals surface area contributed by atoms with Crippen molar-refractivity contribution in [2.75, 3.05) is 27.2 Å². The molecular weight excluding hydrogens is 295 g/mol. The molecule has 0 N–H and O–H groups in total. The van der Waals surface area contributed by atoms with Gasteiger partial charge in [-0.25, -0.2) is 4.39 Å². The molecule has 1 unspecified atom stereocenters. The zero-order valence-corrected chi connectivity index (χ0v) is 12.6. The highest BCUT2D eigenvalue weighted by molar-refractivity contribution is 9.10. The first kappa shape index (κ1) is 14.0. The van der Waals surface area contributed by atoms with Crippen molar-refractivity contribution in [2.24, 2.45) is 0 Å². The molecule has 1 aromatic rings. The Bertz CT molecular complexity index is 411. The summed E-state index contributed by atoms with van der Waals surface area (Å²) in [5, 5.41) is 0. The normalized spacial score (nSPS) is 21.5. The lowest BCUT2D eigenvalue weighted by Crippen LogP contribution is -2.44. The van der Waals surface area contributed by atoms with E-state index in [-0.39, 0.29) is 5.82 Å². The smallest absolute Gasteiger partial charge is 0.128 e. The van der Waals surface area contributed by atoms with Gasteiger partial charge in [-0.2, -0.15) is 0 Å². The Morgan fingerprint density at radius 1 is 1.50 bits per heavy atom. The van der Waals surface area contributed by atoms with Crippen molar-refractivity contribution in [3.63, 3.8) is 0 Å².